The van der Waals surface area contributed by atoms with Crippen LogP contribution in [0.5, 0.6) is 0 Å². The smallest absolute Gasteiger partial charge is 0.146 e. The van der Waals surface area contributed by atoms with Crippen molar-refractivity contribution in [2.45, 2.75) is 12.8 Å². The molecule has 1 rings (SSSR count). The summed E-state index contributed by atoms with van der Waals surface area (Å²) >= 11 is 0. The highest BCUT2D eigenvalue weighted by atomic mass is 19.1. The van der Waals surface area contributed by atoms with Crippen molar-refractivity contribution in [1.82, 2.24) is 0 Å². The summed E-state index contributed by atoms with van der Waals surface area (Å²) in [5.74, 6) is -0.546. The second kappa shape index (κ2) is 4.10. The predicted molar refractivity (Wildman–Crippen MR) is 54.8 cm³/mol. The van der Waals surface area contributed by atoms with E-state index in [9.17, 15) is 4.39 Å². The van der Waals surface area contributed by atoms with Crippen LogP contribution in [0.15, 0.2) is 18.2 Å². The first-order valence-electron chi connectivity index (χ1n) is 4.42. The average Bonchev–Trinajstić information content (AvgIpc) is 2.15. The first-order valence-corrected chi connectivity index (χ1v) is 4.42. The second-order valence-electron chi connectivity index (χ2n) is 3.46. The Morgan fingerprint density at radius 3 is 2.50 bits per heavy atom. The van der Waals surface area contributed by atoms with Gasteiger partial charge in [-0.3, -0.25) is 0 Å². The minimum absolute atomic E-state index is 0.263. The minimum atomic E-state index is -0.283. The van der Waals surface area contributed by atoms with Crippen LogP contribution in [0.25, 0.3) is 0 Å². The van der Waals surface area contributed by atoms with Crippen molar-refractivity contribution < 1.29 is 4.39 Å². The van der Waals surface area contributed by atoms with Gasteiger partial charge in [0, 0.05) is 14.1 Å². The molecule has 1 aromatic carbocycles. The van der Waals surface area contributed by atoms with Crippen LogP contribution >= 0.6 is 0 Å². The average molecular weight is 192 g/mol. The summed E-state index contributed by atoms with van der Waals surface area (Å²) < 4.78 is 13.4. The van der Waals surface area contributed by atoms with Crippen LogP contribution in [0.2, 0.25) is 0 Å². The normalized spacial score (nSPS) is 11.9. The standard InChI is InChI=1S/C11H13FN2/c1-8(7-13)9-4-5-11(14(2)3)10(12)6-9/h4-6,8H,1-3H3. The van der Waals surface area contributed by atoms with Gasteiger partial charge in [0.2, 0.25) is 0 Å². The zero-order valence-electron chi connectivity index (χ0n) is 8.58. The Morgan fingerprint density at radius 1 is 1.43 bits per heavy atom. The van der Waals surface area contributed by atoms with Gasteiger partial charge in [-0.15, -0.1) is 0 Å². The Bertz CT molecular complexity index is 366. The monoisotopic (exact) mass is 192 g/mol. The molecule has 3 heteroatoms. The Hall–Kier alpha value is -1.56. The molecule has 14 heavy (non-hydrogen) atoms. The molecule has 0 aliphatic rings. The molecule has 0 aliphatic heterocycles. The summed E-state index contributed by atoms with van der Waals surface area (Å²) in [6.45, 7) is 1.75. The minimum Gasteiger partial charge on any atom is -0.375 e. The third-order valence-electron chi connectivity index (χ3n) is 2.15. The lowest BCUT2D eigenvalue weighted by atomic mass is 10.0. The van der Waals surface area contributed by atoms with Gasteiger partial charge in [-0.05, 0) is 24.6 Å². The summed E-state index contributed by atoms with van der Waals surface area (Å²) in [5, 5.41) is 8.67. The molecule has 0 radical (unpaired) electrons. The number of hydrogen-bond acceptors (Lipinski definition) is 2. The number of hydrogen-bond donors (Lipinski definition) is 0. The second-order valence-corrected chi connectivity index (χ2v) is 3.46. The zero-order valence-corrected chi connectivity index (χ0v) is 8.58. The molecule has 0 bridgehead atoms. The third-order valence-corrected chi connectivity index (χ3v) is 2.15. The topological polar surface area (TPSA) is 27.0 Å². The maximum Gasteiger partial charge on any atom is 0.146 e. The van der Waals surface area contributed by atoms with Crippen LogP contribution in [0.4, 0.5) is 10.1 Å². The largest absolute Gasteiger partial charge is 0.375 e. The molecule has 0 aromatic heterocycles. The van der Waals surface area contributed by atoms with Crippen LogP contribution in [0.1, 0.15) is 18.4 Å². The van der Waals surface area contributed by atoms with Gasteiger partial charge in [-0.2, -0.15) is 5.26 Å². The summed E-state index contributed by atoms with van der Waals surface area (Å²) in [6, 6.07) is 6.97. The lowest BCUT2D eigenvalue weighted by molar-refractivity contribution is 0.623. The Morgan fingerprint density at radius 2 is 2.07 bits per heavy atom. The van der Waals surface area contributed by atoms with E-state index in [1.807, 2.05) is 0 Å². The van der Waals surface area contributed by atoms with E-state index >= 15 is 0 Å². The van der Waals surface area contributed by atoms with E-state index in [2.05, 4.69) is 6.07 Å². The highest BCUT2D eigenvalue weighted by molar-refractivity contribution is 5.48. The summed E-state index contributed by atoms with van der Waals surface area (Å²) in [5.41, 5.74) is 1.26. The van der Waals surface area contributed by atoms with E-state index in [4.69, 9.17) is 5.26 Å². The maximum absolute atomic E-state index is 13.4. The summed E-state index contributed by atoms with van der Waals surface area (Å²) in [7, 11) is 3.57. The molecule has 74 valence electrons. The van der Waals surface area contributed by atoms with E-state index in [1.54, 1.807) is 38.1 Å². The number of nitriles is 1. The quantitative estimate of drug-likeness (QED) is 0.720. The first kappa shape index (κ1) is 10.5. The SMILES string of the molecule is CC(C#N)c1ccc(N(C)C)c(F)c1. The molecule has 0 N–H and O–H groups in total. The van der Waals surface area contributed by atoms with Crippen molar-refractivity contribution in [3.05, 3.63) is 29.6 Å². The van der Waals surface area contributed by atoms with E-state index < -0.39 is 0 Å². The molecular weight excluding hydrogens is 179 g/mol. The fraction of sp³-hybridized carbons (Fsp3) is 0.364. The number of anilines is 1. The van der Waals surface area contributed by atoms with Crippen LogP contribution in [0, 0.1) is 17.1 Å². The Labute approximate surface area is 83.6 Å². The lowest BCUT2D eigenvalue weighted by Crippen LogP contribution is -2.10. The molecule has 1 atom stereocenters. The zero-order chi connectivity index (χ0) is 10.7. The van der Waals surface area contributed by atoms with Crippen LogP contribution < -0.4 is 4.90 Å². The van der Waals surface area contributed by atoms with Crippen molar-refractivity contribution in [2.75, 3.05) is 19.0 Å². The summed E-state index contributed by atoms with van der Waals surface area (Å²) in [6.07, 6.45) is 0. The molecule has 2 nitrogen and oxygen atoms in total. The van der Waals surface area contributed by atoms with Gasteiger partial charge < -0.3 is 4.90 Å². The maximum atomic E-state index is 13.4. The first-order chi connectivity index (χ1) is 6.56. The molecule has 0 fully saturated rings. The molecule has 0 saturated heterocycles. The number of benzene rings is 1. The lowest BCUT2D eigenvalue weighted by Gasteiger charge is -2.14. The van der Waals surface area contributed by atoms with Crippen LogP contribution in [-0.2, 0) is 0 Å². The van der Waals surface area contributed by atoms with Gasteiger partial charge in [0.15, 0.2) is 0 Å². The summed E-state index contributed by atoms with van der Waals surface area (Å²) in [4.78, 5) is 1.70. The number of nitrogens with zero attached hydrogens (tertiary/aromatic N) is 2. The van der Waals surface area contributed by atoms with Gasteiger partial charge in [0.05, 0.1) is 17.7 Å². The fourth-order valence-electron chi connectivity index (χ4n) is 1.23. The highest BCUT2D eigenvalue weighted by Gasteiger charge is 2.09. The predicted octanol–water partition coefficient (Wildman–Crippen LogP) is 2.52. The van der Waals surface area contributed by atoms with Gasteiger partial charge in [0.1, 0.15) is 5.82 Å². The number of rotatable bonds is 2. The number of halogens is 1. The molecule has 1 aromatic rings. The Kier molecular flexibility index (Phi) is 3.08. The van der Waals surface area contributed by atoms with Crippen molar-refractivity contribution in [3.8, 4) is 6.07 Å². The van der Waals surface area contributed by atoms with Crippen molar-refractivity contribution in [3.63, 3.8) is 0 Å². The van der Waals surface area contributed by atoms with Gasteiger partial charge in [-0.1, -0.05) is 6.07 Å². The van der Waals surface area contributed by atoms with Crippen LogP contribution in [0.3, 0.4) is 0 Å². The van der Waals surface area contributed by atoms with E-state index in [0.717, 1.165) is 5.56 Å². The van der Waals surface area contributed by atoms with Gasteiger partial charge in [-0.25, -0.2) is 4.39 Å². The third kappa shape index (κ3) is 2.02. The molecule has 0 saturated carbocycles. The fourth-order valence-corrected chi connectivity index (χ4v) is 1.23. The molecular formula is C11H13FN2. The molecule has 0 aliphatic carbocycles. The molecule has 1 unspecified atom stereocenters. The van der Waals surface area contributed by atoms with Crippen molar-refractivity contribution in [1.29, 1.82) is 5.26 Å². The molecule has 0 amide bonds. The molecule has 0 heterocycles. The van der Waals surface area contributed by atoms with E-state index in [0.29, 0.717) is 5.69 Å². The van der Waals surface area contributed by atoms with Crippen molar-refractivity contribution in [2.24, 2.45) is 0 Å². The van der Waals surface area contributed by atoms with Crippen molar-refractivity contribution >= 4 is 5.69 Å². The Balaban J connectivity index is 3.08. The van der Waals surface area contributed by atoms with E-state index in [-0.39, 0.29) is 11.7 Å². The van der Waals surface area contributed by atoms with E-state index in [1.165, 1.54) is 6.07 Å². The highest BCUT2D eigenvalue weighted by Crippen LogP contribution is 2.22. The van der Waals surface area contributed by atoms with Crippen LogP contribution in [-0.4, -0.2) is 14.1 Å². The van der Waals surface area contributed by atoms with Gasteiger partial charge in [0.25, 0.3) is 0 Å². The van der Waals surface area contributed by atoms with Gasteiger partial charge >= 0.3 is 0 Å². The molecule has 0 spiro atoms.